The van der Waals surface area contributed by atoms with Gasteiger partial charge in [-0.25, -0.2) is 0 Å². The second kappa shape index (κ2) is 7.36. The van der Waals surface area contributed by atoms with Gasteiger partial charge in [-0.1, -0.05) is 46.3 Å². The van der Waals surface area contributed by atoms with E-state index in [1.807, 2.05) is 0 Å². The summed E-state index contributed by atoms with van der Waals surface area (Å²) >= 11 is 0. The van der Waals surface area contributed by atoms with Gasteiger partial charge in [-0.3, -0.25) is 9.59 Å². The summed E-state index contributed by atoms with van der Waals surface area (Å²) in [6, 6.07) is 0. The van der Waals surface area contributed by atoms with Crippen LogP contribution in [0, 0.1) is 50.2 Å². The number of aliphatic hydroxyl groups excluding tert-OH is 1. The Kier molecular flexibility index (Phi) is 5.32. The van der Waals surface area contributed by atoms with Crippen LogP contribution in [0.1, 0.15) is 106 Å². The fourth-order valence-electron chi connectivity index (χ4n) is 10.6. The van der Waals surface area contributed by atoms with Gasteiger partial charge in [0.25, 0.3) is 0 Å². The SMILES string of the molecule is CC1(C)CC[C@]2(C(=O)O)CC[C@]3(C)C(=CC[C@@H]4[C@@]5(C)CC[C@H](O)[C@](C)(C(=O)O)[C@H]5CC[C@]43C)[C@H]2C1. The van der Waals surface area contributed by atoms with Gasteiger partial charge in [0.15, 0.2) is 0 Å². The molecule has 5 aliphatic rings. The minimum atomic E-state index is -1.11. The van der Waals surface area contributed by atoms with Gasteiger partial charge in [-0.05, 0) is 111 Å². The monoisotopic (exact) mass is 486 g/mol. The lowest BCUT2D eigenvalue weighted by Crippen LogP contribution is -2.66. The number of carboxylic acids is 2. The van der Waals surface area contributed by atoms with Crippen LogP contribution in [-0.2, 0) is 9.59 Å². The highest BCUT2D eigenvalue weighted by Crippen LogP contribution is 2.75. The number of hydrogen-bond donors (Lipinski definition) is 3. The van der Waals surface area contributed by atoms with Crippen molar-refractivity contribution in [2.45, 2.75) is 112 Å². The lowest BCUT2D eigenvalue weighted by Gasteiger charge is -2.70. The molecular weight excluding hydrogens is 440 g/mol. The van der Waals surface area contributed by atoms with Crippen molar-refractivity contribution in [1.82, 2.24) is 0 Å². The molecule has 4 saturated carbocycles. The Labute approximate surface area is 210 Å². The third-order valence-corrected chi connectivity index (χ3v) is 13.2. The summed E-state index contributed by atoms with van der Waals surface area (Å²) in [5.41, 5.74) is -0.437. The minimum absolute atomic E-state index is 0.00368. The molecule has 0 amide bonds. The molecule has 0 aromatic heterocycles. The van der Waals surface area contributed by atoms with Gasteiger partial charge in [0.05, 0.1) is 16.9 Å². The average Bonchev–Trinajstić information content (AvgIpc) is 2.76. The van der Waals surface area contributed by atoms with Gasteiger partial charge >= 0.3 is 11.9 Å². The van der Waals surface area contributed by atoms with E-state index < -0.39 is 28.9 Å². The lowest BCUT2D eigenvalue weighted by atomic mass is 9.33. The molecule has 35 heavy (non-hydrogen) atoms. The van der Waals surface area contributed by atoms with Crippen LogP contribution in [0.3, 0.4) is 0 Å². The first kappa shape index (κ1) is 25.3. The summed E-state index contributed by atoms with van der Waals surface area (Å²) < 4.78 is 0. The van der Waals surface area contributed by atoms with E-state index in [0.29, 0.717) is 12.3 Å². The molecule has 0 heterocycles. The Morgan fingerprint density at radius 1 is 0.829 bits per heavy atom. The van der Waals surface area contributed by atoms with Crippen LogP contribution in [0.15, 0.2) is 11.6 Å². The Balaban J connectivity index is 1.60. The van der Waals surface area contributed by atoms with E-state index in [9.17, 15) is 24.9 Å². The second-order valence-electron chi connectivity index (χ2n) is 14.8. The topological polar surface area (TPSA) is 94.8 Å². The number of hydrogen-bond acceptors (Lipinski definition) is 3. The van der Waals surface area contributed by atoms with Crippen molar-refractivity contribution < 1.29 is 24.9 Å². The van der Waals surface area contributed by atoms with Crippen molar-refractivity contribution >= 4 is 11.9 Å². The number of carboxylic acid groups (broad SMARTS) is 2. The molecule has 0 aliphatic heterocycles. The Morgan fingerprint density at radius 2 is 1.49 bits per heavy atom. The first-order valence-electron chi connectivity index (χ1n) is 13.9. The summed E-state index contributed by atoms with van der Waals surface area (Å²) in [5, 5.41) is 31.6. The van der Waals surface area contributed by atoms with Crippen LogP contribution < -0.4 is 0 Å². The predicted octanol–water partition coefficient (Wildman–Crippen LogP) is 6.30. The third kappa shape index (κ3) is 2.97. The van der Waals surface area contributed by atoms with Crippen molar-refractivity contribution in [1.29, 1.82) is 0 Å². The number of allylic oxidation sites excluding steroid dienone is 2. The average molecular weight is 487 g/mol. The van der Waals surface area contributed by atoms with Crippen LogP contribution in [0.4, 0.5) is 0 Å². The zero-order valence-corrected chi connectivity index (χ0v) is 22.6. The fraction of sp³-hybridized carbons (Fsp3) is 0.867. The van der Waals surface area contributed by atoms with Crippen LogP contribution >= 0.6 is 0 Å². The van der Waals surface area contributed by atoms with E-state index in [-0.39, 0.29) is 33.5 Å². The molecule has 0 aromatic rings. The summed E-state index contributed by atoms with van der Waals surface area (Å²) in [4.78, 5) is 25.3. The normalized spacial score (nSPS) is 52.7. The van der Waals surface area contributed by atoms with E-state index in [2.05, 4.69) is 40.7 Å². The zero-order valence-electron chi connectivity index (χ0n) is 22.6. The molecule has 3 N–H and O–H groups in total. The van der Waals surface area contributed by atoms with Gasteiger partial charge < -0.3 is 15.3 Å². The van der Waals surface area contributed by atoms with E-state index >= 15 is 0 Å². The Bertz CT molecular complexity index is 983. The summed E-state index contributed by atoms with van der Waals surface area (Å²) in [6.07, 6.45) is 9.97. The van der Waals surface area contributed by atoms with Crippen molar-refractivity contribution in [3.8, 4) is 0 Å². The maximum atomic E-state index is 12.8. The fourth-order valence-corrected chi connectivity index (χ4v) is 10.6. The first-order valence-corrected chi connectivity index (χ1v) is 13.9. The molecule has 0 radical (unpaired) electrons. The predicted molar refractivity (Wildman–Crippen MR) is 135 cm³/mol. The molecule has 0 unspecified atom stereocenters. The molecule has 5 aliphatic carbocycles. The molecule has 4 fully saturated rings. The first-order chi connectivity index (χ1) is 16.1. The van der Waals surface area contributed by atoms with Gasteiger partial charge in [-0.2, -0.15) is 0 Å². The van der Waals surface area contributed by atoms with Gasteiger partial charge in [0.2, 0.25) is 0 Å². The van der Waals surface area contributed by atoms with E-state index in [0.717, 1.165) is 57.8 Å². The maximum Gasteiger partial charge on any atom is 0.312 e. The number of carbonyl (C=O) groups is 2. The highest BCUT2D eigenvalue weighted by molar-refractivity contribution is 5.77. The summed E-state index contributed by atoms with van der Waals surface area (Å²) in [5.74, 6) is -1.10. The minimum Gasteiger partial charge on any atom is -0.481 e. The van der Waals surface area contributed by atoms with E-state index in [4.69, 9.17) is 0 Å². The zero-order chi connectivity index (χ0) is 25.8. The van der Waals surface area contributed by atoms with Crippen molar-refractivity contribution in [3.63, 3.8) is 0 Å². The van der Waals surface area contributed by atoms with Crippen LogP contribution in [-0.4, -0.2) is 33.4 Å². The molecule has 0 spiro atoms. The number of aliphatic hydroxyl groups is 1. The van der Waals surface area contributed by atoms with E-state index in [1.165, 1.54) is 5.57 Å². The Hall–Kier alpha value is -1.36. The molecule has 9 atom stereocenters. The van der Waals surface area contributed by atoms with Gasteiger partial charge in [0, 0.05) is 0 Å². The van der Waals surface area contributed by atoms with Gasteiger partial charge in [-0.15, -0.1) is 0 Å². The summed E-state index contributed by atoms with van der Waals surface area (Å²) in [6.45, 7) is 13.5. The van der Waals surface area contributed by atoms with Crippen molar-refractivity contribution in [2.75, 3.05) is 0 Å². The highest BCUT2D eigenvalue weighted by Gasteiger charge is 2.70. The van der Waals surface area contributed by atoms with Gasteiger partial charge in [0.1, 0.15) is 0 Å². The van der Waals surface area contributed by atoms with Crippen LogP contribution in [0.2, 0.25) is 0 Å². The molecular formula is C30H46O5. The van der Waals surface area contributed by atoms with Crippen molar-refractivity contribution in [2.24, 2.45) is 50.2 Å². The number of rotatable bonds is 2. The lowest BCUT2D eigenvalue weighted by molar-refractivity contribution is -0.217. The molecule has 0 saturated heterocycles. The second-order valence-corrected chi connectivity index (χ2v) is 14.8. The van der Waals surface area contributed by atoms with Crippen molar-refractivity contribution in [3.05, 3.63) is 11.6 Å². The molecule has 0 bridgehead atoms. The molecule has 0 aromatic carbocycles. The van der Waals surface area contributed by atoms with Crippen LogP contribution in [0.5, 0.6) is 0 Å². The standard InChI is InChI=1S/C30H46O5/c1-25(2)13-15-30(24(34)35)16-14-27(4)18(19(30)17-25)7-8-20-26(3)11-10-22(31)29(6,23(32)33)21(26)9-12-28(20,27)5/h7,19-22,31H,8-17H2,1-6H3,(H,32,33)(H,34,35)/t19-,20-,21+,22+,26-,27-,28-,29-,30+/m1/s1. The largest absolute Gasteiger partial charge is 0.481 e. The molecule has 5 rings (SSSR count). The van der Waals surface area contributed by atoms with Crippen LogP contribution in [0.25, 0.3) is 0 Å². The third-order valence-electron chi connectivity index (χ3n) is 13.2. The molecule has 196 valence electrons. The molecule has 5 nitrogen and oxygen atoms in total. The number of fused-ring (bicyclic) bond motifs is 7. The van der Waals surface area contributed by atoms with E-state index in [1.54, 1.807) is 6.92 Å². The number of aliphatic carboxylic acids is 2. The smallest absolute Gasteiger partial charge is 0.312 e. The quantitative estimate of drug-likeness (QED) is 0.398. The molecule has 5 heteroatoms. The Morgan fingerprint density at radius 3 is 2.11 bits per heavy atom. The summed E-state index contributed by atoms with van der Waals surface area (Å²) in [7, 11) is 0. The maximum absolute atomic E-state index is 12.8. The highest BCUT2D eigenvalue weighted by atomic mass is 16.4.